The number of nitro benzene ring substituents is 1. The van der Waals surface area contributed by atoms with Crippen LogP contribution >= 0.6 is 11.6 Å². The fraction of sp³-hybridized carbons (Fsp3) is 0. The Morgan fingerprint density at radius 1 is 1.25 bits per heavy atom. The fourth-order valence-corrected chi connectivity index (χ4v) is 2.15. The van der Waals surface area contributed by atoms with Gasteiger partial charge in [-0.1, -0.05) is 11.6 Å². The summed E-state index contributed by atoms with van der Waals surface area (Å²) < 4.78 is 5.38. The minimum atomic E-state index is -0.486. The zero-order chi connectivity index (χ0) is 17.1. The number of aromatic nitrogens is 1. The molecule has 1 amide bonds. The Morgan fingerprint density at radius 2 is 2.00 bits per heavy atom. The third-order valence-electron chi connectivity index (χ3n) is 3.11. The molecule has 120 valence electrons. The minimum Gasteiger partial charge on any atom is -0.423 e. The monoisotopic (exact) mass is 343 g/mol. The maximum absolute atomic E-state index is 11.9. The molecule has 0 radical (unpaired) electrons. The molecule has 1 heterocycles. The van der Waals surface area contributed by atoms with Crippen LogP contribution in [0.3, 0.4) is 0 Å². The van der Waals surface area contributed by atoms with Gasteiger partial charge in [-0.3, -0.25) is 20.2 Å². The van der Waals surface area contributed by atoms with Gasteiger partial charge < -0.3 is 4.42 Å². The van der Waals surface area contributed by atoms with E-state index in [0.29, 0.717) is 21.7 Å². The normalized spacial score (nSPS) is 11.0. The summed E-state index contributed by atoms with van der Waals surface area (Å²) in [6.45, 7) is 0. The number of hydrogen-bond acceptors (Lipinski definition) is 5. The number of rotatable bonds is 4. The molecule has 1 aromatic heterocycles. The Bertz CT molecular complexity index is 948. The average Bonchev–Trinajstić information content (AvgIpc) is 2.94. The molecule has 0 aliphatic carbocycles. The summed E-state index contributed by atoms with van der Waals surface area (Å²) in [6.07, 6.45) is 2.81. The summed E-state index contributed by atoms with van der Waals surface area (Å²) in [5.74, 6) is -0.439. The first kappa shape index (κ1) is 15.7. The highest BCUT2D eigenvalue weighted by Gasteiger charge is 2.08. The smallest absolute Gasteiger partial charge is 0.302 e. The number of carbonyl (C=O) groups excluding carboxylic acids is 1. The zero-order valence-corrected chi connectivity index (χ0v) is 12.9. The number of halogens is 1. The van der Waals surface area contributed by atoms with E-state index in [4.69, 9.17) is 16.0 Å². The van der Waals surface area contributed by atoms with Crippen LogP contribution in [0, 0.1) is 10.1 Å². The lowest BCUT2D eigenvalue weighted by Crippen LogP contribution is -2.07. The first-order valence-corrected chi connectivity index (χ1v) is 7.19. The van der Waals surface area contributed by atoms with E-state index in [0.717, 1.165) is 0 Å². The van der Waals surface area contributed by atoms with Crippen LogP contribution in [0.15, 0.2) is 53.0 Å². The van der Waals surface area contributed by atoms with Gasteiger partial charge in [0.2, 0.25) is 0 Å². The first-order valence-electron chi connectivity index (χ1n) is 6.81. The summed E-state index contributed by atoms with van der Waals surface area (Å²) in [7, 11) is 0. The van der Waals surface area contributed by atoms with Crippen molar-refractivity contribution in [1.29, 1.82) is 0 Å². The van der Waals surface area contributed by atoms with Gasteiger partial charge in [-0.25, -0.2) is 0 Å². The third kappa shape index (κ3) is 3.58. The van der Waals surface area contributed by atoms with Gasteiger partial charge >= 0.3 is 6.01 Å². The molecule has 3 rings (SSSR count). The van der Waals surface area contributed by atoms with Crippen molar-refractivity contribution in [3.8, 4) is 0 Å². The molecule has 3 aromatic rings. The van der Waals surface area contributed by atoms with Crippen molar-refractivity contribution in [2.24, 2.45) is 0 Å². The number of non-ortho nitro benzene ring substituents is 1. The van der Waals surface area contributed by atoms with Crippen LogP contribution in [0.4, 0.5) is 11.7 Å². The largest absolute Gasteiger partial charge is 0.423 e. The Kier molecular flexibility index (Phi) is 4.26. The highest BCUT2D eigenvalue weighted by molar-refractivity contribution is 6.31. The maximum atomic E-state index is 11.9. The Balaban J connectivity index is 1.68. The Hall–Kier alpha value is -3.19. The van der Waals surface area contributed by atoms with E-state index < -0.39 is 10.8 Å². The number of anilines is 1. The van der Waals surface area contributed by atoms with Crippen LogP contribution in [-0.2, 0) is 4.79 Å². The first-order chi connectivity index (χ1) is 11.5. The molecular formula is C16H10ClN3O4. The Labute approximate surface area is 140 Å². The molecule has 0 unspecified atom stereocenters. The number of benzene rings is 2. The van der Waals surface area contributed by atoms with Crippen molar-refractivity contribution >= 4 is 46.4 Å². The summed E-state index contributed by atoms with van der Waals surface area (Å²) in [5, 5.41) is 13.6. The van der Waals surface area contributed by atoms with Crippen LogP contribution in [0.2, 0.25) is 5.02 Å². The summed E-state index contributed by atoms with van der Waals surface area (Å²) in [4.78, 5) is 26.1. The molecule has 8 heteroatoms. The number of nitro groups is 1. The van der Waals surface area contributed by atoms with Gasteiger partial charge in [0.05, 0.1) is 4.92 Å². The van der Waals surface area contributed by atoms with Crippen LogP contribution in [0.5, 0.6) is 0 Å². The van der Waals surface area contributed by atoms with E-state index in [-0.39, 0.29) is 11.7 Å². The number of amides is 1. The van der Waals surface area contributed by atoms with Crippen LogP contribution < -0.4 is 5.32 Å². The van der Waals surface area contributed by atoms with Gasteiger partial charge in [-0.15, -0.1) is 0 Å². The minimum absolute atomic E-state index is 0.0123. The lowest BCUT2D eigenvalue weighted by Gasteiger charge is -1.95. The van der Waals surface area contributed by atoms with Crippen LogP contribution in [-0.4, -0.2) is 15.8 Å². The van der Waals surface area contributed by atoms with Crippen molar-refractivity contribution in [2.45, 2.75) is 0 Å². The molecule has 0 aliphatic rings. The van der Waals surface area contributed by atoms with E-state index in [9.17, 15) is 14.9 Å². The topological polar surface area (TPSA) is 98.3 Å². The van der Waals surface area contributed by atoms with Crippen molar-refractivity contribution in [3.63, 3.8) is 0 Å². The number of nitrogens with zero attached hydrogens (tertiary/aromatic N) is 2. The highest BCUT2D eigenvalue weighted by atomic mass is 35.5. The van der Waals surface area contributed by atoms with Gasteiger partial charge in [0.25, 0.3) is 11.6 Å². The van der Waals surface area contributed by atoms with Crippen molar-refractivity contribution in [1.82, 2.24) is 4.98 Å². The van der Waals surface area contributed by atoms with E-state index in [1.54, 1.807) is 30.3 Å². The molecular weight excluding hydrogens is 334 g/mol. The van der Waals surface area contributed by atoms with Crippen molar-refractivity contribution in [3.05, 3.63) is 69.2 Å². The number of nitrogens with one attached hydrogen (secondary N) is 1. The third-order valence-corrected chi connectivity index (χ3v) is 3.35. The molecule has 1 N–H and O–H groups in total. The standard InChI is InChI=1S/C16H10ClN3O4/c17-11-4-7-14-13(9-11)18-16(24-14)19-15(21)8-3-10-1-5-12(6-2-10)20(22)23/h1-9H,(H,18,19,21). The molecule has 0 fully saturated rings. The van der Waals surface area contributed by atoms with Gasteiger partial charge in [0, 0.05) is 23.2 Å². The fourth-order valence-electron chi connectivity index (χ4n) is 1.98. The number of hydrogen-bond donors (Lipinski definition) is 1. The lowest BCUT2D eigenvalue weighted by molar-refractivity contribution is -0.384. The predicted octanol–water partition coefficient (Wildman–Crippen LogP) is 4.04. The van der Waals surface area contributed by atoms with E-state index >= 15 is 0 Å². The molecule has 0 aliphatic heterocycles. The second-order valence-corrected chi connectivity index (χ2v) is 5.24. The number of oxazole rings is 1. The van der Waals surface area contributed by atoms with Gasteiger partial charge in [-0.2, -0.15) is 4.98 Å². The van der Waals surface area contributed by atoms with Crippen molar-refractivity contribution < 1.29 is 14.1 Å². The second kappa shape index (κ2) is 6.51. The number of fused-ring (bicyclic) bond motifs is 1. The molecule has 0 saturated carbocycles. The second-order valence-electron chi connectivity index (χ2n) is 4.80. The molecule has 2 aromatic carbocycles. The van der Waals surface area contributed by atoms with E-state index in [1.165, 1.54) is 24.3 Å². The molecule has 0 bridgehead atoms. The highest BCUT2D eigenvalue weighted by Crippen LogP contribution is 2.22. The van der Waals surface area contributed by atoms with Crippen molar-refractivity contribution in [2.75, 3.05) is 5.32 Å². The SMILES string of the molecule is O=C(C=Cc1ccc([N+](=O)[O-])cc1)Nc1nc2cc(Cl)ccc2o1. The molecule has 0 atom stereocenters. The van der Waals surface area contributed by atoms with Gasteiger partial charge in [-0.05, 0) is 42.0 Å². The number of carbonyl (C=O) groups is 1. The average molecular weight is 344 g/mol. The maximum Gasteiger partial charge on any atom is 0.302 e. The quantitative estimate of drug-likeness (QED) is 0.438. The summed E-state index contributed by atoms with van der Waals surface area (Å²) in [6, 6.07) is 10.8. The van der Waals surface area contributed by atoms with E-state index in [1.807, 2.05) is 0 Å². The molecule has 7 nitrogen and oxygen atoms in total. The molecule has 0 spiro atoms. The van der Waals surface area contributed by atoms with Crippen LogP contribution in [0.25, 0.3) is 17.2 Å². The van der Waals surface area contributed by atoms with E-state index in [2.05, 4.69) is 10.3 Å². The summed E-state index contributed by atoms with van der Waals surface area (Å²) in [5.41, 5.74) is 1.69. The van der Waals surface area contributed by atoms with Crippen LogP contribution in [0.1, 0.15) is 5.56 Å². The predicted molar refractivity (Wildman–Crippen MR) is 89.8 cm³/mol. The lowest BCUT2D eigenvalue weighted by atomic mass is 10.2. The summed E-state index contributed by atoms with van der Waals surface area (Å²) >= 11 is 5.86. The van der Waals surface area contributed by atoms with Gasteiger partial charge in [0.15, 0.2) is 5.58 Å². The zero-order valence-electron chi connectivity index (χ0n) is 12.1. The molecule has 24 heavy (non-hydrogen) atoms. The molecule has 0 saturated heterocycles. The Morgan fingerprint density at radius 3 is 2.71 bits per heavy atom. The van der Waals surface area contributed by atoms with Gasteiger partial charge in [0.1, 0.15) is 5.52 Å².